The molecule has 0 radical (unpaired) electrons. The van der Waals surface area contributed by atoms with Crippen LogP contribution in [-0.4, -0.2) is 64.0 Å². The zero-order valence-electron chi connectivity index (χ0n) is 18.2. The lowest BCUT2D eigenvalue weighted by atomic mass is 9.84. The fourth-order valence-electron chi connectivity index (χ4n) is 3.35. The van der Waals surface area contributed by atoms with E-state index in [9.17, 15) is 0 Å². The Morgan fingerprint density at radius 2 is 1.96 bits per heavy atom. The number of halogens is 1. The minimum atomic E-state index is 0. The van der Waals surface area contributed by atoms with Gasteiger partial charge in [-0.25, -0.2) is 0 Å². The molecule has 1 N–H and O–H groups in total. The number of guanidine groups is 1. The summed E-state index contributed by atoms with van der Waals surface area (Å²) in [7, 11) is 1.71. The van der Waals surface area contributed by atoms with Gasteiger partial charge in [0.15, 0.2) is 5.96 Å². The van der Waals surface area contributed by atoms with Crippen LogP contribution in [-0.2, 0) is 14.9 Å². The summed E-state index contributed by atoms with van der Waals surface area (Å²) in [5, 5.41) is 3.47. The number of rotatable bonds is 9. The second-order valence-corrected chi connectivity index (χ2v) is 8.09. The van der Waals surface area contributed by atoms with Crippen LogP contribution in [0.1, 0.15) is 38.3 Å². The van der Waals surface area contributed by atoms with Crippen LogP contribution in [0.5, 0.6) is 0 Å². The van der Waals surface area contributed by atoms with E-state index in [0.717, 1.165) is 45.2 Å². The molecule has 0 amide bonds. The number of likely N-dealkylation sites (tertiary alicyclic amines) is 1. The van der Waals surface area contributed by atoms with Crippen molar-refractivity contribution in [3.63, 3.8) is 0 Å². The molecule has 0 saturated carbocycles. The Bertz CT molecular complexity index is 590. The second kappa shape index (κ2) is 12.6. The molecule has 5 nitrogen and oxygen atoms in total. The Kier molecular flexibility index (Phi) is 11.4. The van der Waals surface area contributed by atoms with Gasteiger partial charge in [0.05, 0.1) is 26.4 Å². The molecule has 1 aromatic rings. The Balaban J connectivity index is 0.00000392. The molecule has 1 aliphatic heterocycles. The number of nitrogens with one attached hydrogen (secondary N) is 1. The van der Waals surface area contributed by atoms with Gasteiger partial charge in [0, 0.05) is 38.1 Å². The predicted molar refractivity (Wildman–Crippen MR) is 128 cm³/mol. The number of aliphatic imine (C=N–C) groups is 1. The Labute approximate surface area is 188 Å². The third-order valence-electron chi connectivity index (χ3n) is 5.16. The molecule has 0 aliphatic carbocycles. The van der Waals surface area contributed by atoms with Gasteiger partial charge in [0.25, 0.3) is 0 Å². The molecule has 1 fully saturated rings. The van der Waals surface area contributed by atoms with Crippen molar-refractivity contribution in [3.8, 4) is 0 Å². The zero-order chi connectivity index (χ0) is 19.7. The van der Waals surface area contributed by atoms with Crippen LogP contribution >= 0.6 is 24.0 Å². The fraction of sp³-hybridized carbons (Fsp3) is 0.682. The maximum absolute atomic E-state index is 5.72. The Morgan fingerprint density at radius 1 is 1.25 bits per heavy atom. The summed E-state index contributed by atoms with van der Waals surface area (Å²) in [6, 6.07) is 8.81. The van der Waals surface area contributed by atoms with Crippen molar-refractivity contribution in [2.75, 3.05) is 53.1 Å². The van der Waals surface area contributed by atoms with Crippen molar-refractivity contribution in [1.29, 1.82) is 0 Å². The van der Waals surface area contributed by atoms with Gasteiger partial charge in [-0.2, -0.15) is 0 Å². The maximum Gasteiger partial charge on any atom is 0.193 e. The number of benzene rings is 1. The predicted octanol–water partition coefficient (Wildman–Crippen LogP) is 3.84. The number of ether oxygens (including phenoxy) is 2. The highest BCUT2D eigenvalue weighted by Crippen LogP contribution is 2.24. The molecule has 1 aromatic carbocycles. The molecule has 0 spiro atoms. The van der Waals surface area contributed by atoms with Gasteiger partial charge in [0.2, 0.25) is 0 Å². The van der Waals surface area contributed by atoms with Crippen molar-refractivity contribution < 1.29 is 9.47 Å². The summed E-state index contributed by atoms with van der Waals surface area (Å²) in [4.78, 5) is 7.35. The van der Waals surface area contributed by atoms with E-state index in [-0.39, 0.29) is 29.4 Å². The molecular weight excluding hydrogens is 465 g/mol. The molecule has 0 aromatic heterocycles. The lowest BCUT2D eigenvalue weighted by Crippen LogP contribution is -2.41. The number of hydrogen-bond acceptors (Lipinski definition) is 3. The second-order valence-electron chi connectivity index (χ2n) is 8.09. The highest BCUT2D eigenvalue weighted by Gasteiger charge is 2.26. The number of methoxy groups -OCH3 is 1. The third kappa shape index (κ3) is 7.87. The van der Waals surface area contributed by atoms with E-state index >= 15 is 0 Å². The monoisotopic (exact) mass is 503 g/mol. The molecule has 1 unspecified atom stereocenters. The molecule has 1 heterocycles. The van der Waals surface area contributed by atoms with Crippen molar-refractivity contribution in [2.24, 2.45) is 10.9 Å². The highest BCUT2D eigenvalue weighted by atomic mass is 127. The van der Waals surface area contributed by atoms with Gasteiger partial charge < -0.3 is 19.7 Å². The van der Waals surface area contributed by atoms with Crippen LogP contribution in [0.15, 0.2) is 29.3 Å². The maximum atomic E-state index is 5.72. The number of aryl methyl sites for hydroxylation is 1. The van der Waals surface area contributed by atoms with E-state index in [1.165, 1.54) is 11.1 Å². The molecule has 1 atom stereocenters. The number of nitrogens with zero attached hydrogens (tertiary/aromatic N) is 2. The summed E-state index contributed by atoms with van der Waals surface area (Å²) in [6.07, 6.45) is 1.15. The first-order valence-electron chi connectivity index (χ1n) is 10.1. The minimum absolute atomic E-state index is 0. The first-order valence-corrected chi connectivity index (χ1v) is 10.1. The fourth-order valence-corrected chi connectivity index (χ4v) is 3.35. The molecule has 160 valence electrons. The van der Waals surface area contributed by atoms with E-state index in [4.69, 9.17) is 14.5 Å². The van der Waals surface area contributed by atoms with Crippen molar-refractivity contribution in [1.82, 2.24) is 10.2 Å². The van der Waals surface area contributed by atoms with Crippen LogP contribution in [0.3, 0.4) is 0 Å². The van der Waals surface area contributed by atoms with Crippen LogP contribution in [0.25, 0.3) is 0 Å². The van der Waals surface area contributed by atoms with Crippen LogP contribution in [0, 0.1) is 12.8 Å². The molecule has 0 bridgehead atoms. The third-order valence-corrected chi connectivity index (χ3v) is 5.16. The largest absolute Gasteiger partial charge is 0.382 e. The number of hydrogen-bond donors (Lipinski definition) is 1. The molecule has 1 aliphatic rings. The van der Waals surface area contributed by atoms with E-state index in [1.807, 2.05) is 0 Å². The average molecular weight is 503 g/mol. The van der Waals surface area contributed by atoms with Gasteiger partial charge in [-0.3, -0.25) is 4.99 Å². The average Bonchev–Trinajstić information content (AvgIpc) is 3.11. The first kappa shape index (κ1) is 25.2. The smallest absolute Gasteiger partial charge is 0.193 e. The molecule has 1 saturated heterocycles. The van der Waals surface area contributed by atoms with Crippen LogP contribution in [0.4, 0.5) is 0 Å². The summed E-state index contributed by atoms with van der Waals surface area (Å²) < 4.78 is 10.8. The van der Waals surface area contributed by atoms with Crippen LogP contribution in [0.2, 0.25) is 0 Å². The van der Waals surface area contributed by atoms with Gasteiger partial charge in [-0.1, -0.05) is 43.7 Å². The Hall–Kier alpha value is -0.860. The summed E-state index contributed by atoms with van der Waals surface area (Å²) in [5.41, 5.74) is 2.64. The minimum Gasteiger partial charge on any atom is -0.382 e. The highest BCUT2D eigenvalue weighted by molar-refractivity contribution is 14.0. The van der Waals surface area contributed by atoms with Gasteiger partial charge in [-0.05, 0) is 25.8 Å². The molecule has 6 heteroatoms. The first-order chi connectivity index (χ1) is 13.0. The van der Waals surface area contributed by atoms with Crippen molar-refractivity contribution in [3.05, 3.63) is 35.4 Å². The lowest BCUT2D eigenvalue weighted by molar-refractivity contribution is 0.0536. The van der Waals surface area contributed by atoms with Gasteiger partial charge in [-0.15, -0.1) is 24.0 Å². The lowest BCUT2D eigenvalue weighted by Gasteiger charge is -2.26. The quantitative estimate of drug-likeness (QED) is 0.241. The van der Waals surface area contributed by atoms with Gasteiger partial charge in [0.1, 0.15) is 0 Å². The van der Waals surface area contributed by atoms with E-state index in [0.29, 0.717) is 19.1 Å². The van der Waals surface area contributed by atoms with E-state index in [2.05, 4.69) is 62.2 Å². The van der Waals surface area contributed by atoms with E-state index in [1.54, 1.807) is 7.11 Å². The van der Waals surface area contributed by atoms with Crippen molar-refractivity contribution in [2.45, 2.75) is 39.5 Å². The summed E-state index contributed by atoms with van der Waals surface area (Å²) >= 11 is 0. The summed E-state index contributed by atoms with van der Waals surface area (Å²) in [5.74, 6) is 1.59. The summed E-state index contributed by atoms with van der Waals surface area (Å²) in [6.45, 7) is 14.6. The SMILES string of the molecule is CCNC(=NCC(C)(C)c1ccc(C)cc1)N1CCC(COCCOC)C1.I. The zero-order valence-corrected chi connectivity index (χ0v) is 20.5. The standard InChI is InChI=1S/C22H37N3O2.HI/c1-6-23-21(25-12-11-19(15-25)16-27-14-13-26-5)24-17-22(3,4)20-9-7-18(2)8-10-20;/h7-10,19H,6,11-17H2,1-5H3,(H,23,24);1H. The van der Waals surface area contributed by atoms with Crippen molar-refractivity contribution >= 4 is 29.9 Å². The van der Waals surface area contributed by atoms with Gasteiger partial charge >= 0.3 is 0 Å². The molecular formula is C22H38IN3O2. The topological polar surface area (TPSA) is 46.1 Å². The van der Waals surface area contributed by atoms with Crippen LogP contribution < -0.4 is 5.32 Å². The Morgan fingerprint density at radius 3 is 2.61 bits per heavy atom. The normalized spacial score (nSPS) is 17.5. The molecule has 2 rings (SSSR count). The van der Waals surface area contributed by atoms with E-state index < -0.39 is 0 Å². The molecule has 28 heavy (non-hydrogen) atoms.